The first-order chi connectivity index (χ1) is 10.1. The fourth-order valence-corrected chi connectivity index (χ4v) is 3.18. The van der Waals surface area contributed by atoms with Gasteiger partial charge in [-0.25, -0.2) is 0 Å². The highest BCUT2D eigenvalue weighted by atomic mass is 16.2. The van der Waals surface area contributed by atoms with E-state index in [1.807, 2.05) is 11.8 Å². The zero-order valence-corrected chi connectivity index (χ0v) is 13.0. The molecule has 3 N–H and O–H groups in total. The van der Waals surface area contributed by atoms with E-state index in [0.29, 0.717) is 19.6 Å². The van der Waals surface area contributed by atoms with Gasteiger partial charge < -0.3 is 16.0 Å². The first-order valence-electron chi connectivity index (χ1n) is 8.15. The van der Waals surface area contributed by atoms with E-state index in [4.69, 9.17) is 5.73 Å². The van der Waals surface area contributed by atoms with Crippen LogP contribution in [-0.2, 0) is 9.59 Å². The summed E-state index contributed by atoms with van der Waals surface area (Å²) in [5, 5.41) is 2.89. The molecule has 0 aromatic carbocycles. The Morgan fingerprint density at radius 3 is 2.48 bits per heavy atom. The number of piperazine rings is 1. The first kappa shape index (κ1) is 16.2. The molecule has 1 heterocycles. The fourth-order valence-electron chi connectivity index (χ4n) is 3.18. The molecule has 2 aliphatic rings. The highest BCUT2D eigenvalue weighted by molar-refractivity contribution is 5.80. The molecule has 0 aromatic heterocycles. The lowest BCUT2D eigenvalue weighted by molar-refractivity contribution is -0.137. The molecule has 6 nitrogen and oxygen atoms in total. The van der Waals surface area contributed by atoms with Crippen molar-refractivity contribution in [3.63, 3.8) is 0 Å². The van der Waals surface area contributed by atoms with Gasteiger partial charge in [0, 0.05) is 38.8 Å². The Bertz CT molecular complexity index is 367. The fraction of sp³-hybridized carbons (Fsp3) is 0.867. The third kappa shape index (κ3) is 4.41. The Hall–Kier alpha value is -1.14. The van der Waals surface area contributed by atoms with Crippen LogP contribution in [0.4, 0.5) is 0 Å². The first-order valence-corrected chi connectivity index (χ1v) is 8.15. The van der Waals surface area contributed by atoms with Crippen molar-refractivity contribution in [1.29, 1.82) is 0 Å². The van der Waals surface area contributed by atoms with Gasteiger partial charge in [0.1, 0.15) is 0 Å². The molecular formula is C15H28N4O2. The Morgan fingerprint density at radius 1 is 1.19 bits per heavy atom. The monoisotopic (exact) mass is 296 g/mol. The summed E-state index contributed by atoms with van der Waals surface area (Å²) in [6, 6.07) is 0.0374. The minimum absolute atomic E-state index is 0.0180. The molecular weight excluding hydrogens is 268 g/mol. The highest BCUT2D eigenvalue weighted by Crippen LogP contribution is 2.26. The molecule has 2 amide bonds. The highest BCUT2D eigenvalue weighted by Gasteiger charge is 2.34. The smallest absolute Gasteiger partial charge is 0.234 e. The van der Waals surface area contributed by atoms with Crippen LogP contribution in [0.1, 0.15) is 32.6 Å². The molecule has 2 unspecified atom stereocenters. The predicted octanol–water partition coefficient (Wildman–Crippen LogP) is -0.216. The number of amides is 2. The summed E-state index contributed by atoms with van der Waals surface area (Å²) in [5.74, 6) is 0.314. The molecule has 0 radical (unpaired) electrons. The van der Waals surface area contributed by atoms with Gasteiger partial charge in [-0.15, -0.1) is 0 Å². The molecule has 1 saturated heterocycles. The maximum absolute atomic E-state index is 12.4. The van der Waals surface area contributed by atoms with E-state index in [1.165, 1.54) is 0 Å². The summed E-state index contributed by atoms with van der Waals surface area (Å²) in [4.78, 5) is 28.2. The number of nitrogens with two attached hydrogens (primary N) is 1. The maximum Gasteiger partial charge on any atom is 0.234 e. The lowest BCUT2D eigenvalue weighted by Gasteiger charge is -2.36. The van der Waals surface area contributed by atoms with E-state index in [2.05, 4.69) is 10.2 Å². The summed E-state index contributed by atoms with van der Waals surface area (Å²) in [5.41, 5.74) is 6.02. The van der Waals surface area contributed by atoms with Crippen LogP contribution in [0.5, 0.6) is 0 Å². The van der Waals surface area contributed by atoms with E-state index < -0.39 is 0 Å². The van der Waals surface area contributed by atoms with Gasteiger partial charge in [0.25, 0.3) is 0 Å². The van der Waals surface area contributed by atoms with E-state index in [-0.39, 0.29) is 23.8 Å². The number of nitrogens with one attached hydrogen (secondary N) is 1. The summed E-state index contributed by atoms with van der Waals surface area (Å²) >= 11 is 0. The summed E-state index contributed by atoms with van der Waals surface area (Å²) in [7, 11) is 0. The number of nitrogens with zero attached hydrogens (tertiary/aromatic N) is 2. The molecule has 0 spiro atoms. The van der Waals surface area contributed by atoms with Crippen LogP contribution in [-0.4, -0.2) is 66.9 Å². The average molecular weight is 296 g/mol. The molecule has 2 fully saturated rings. The van der Waals surface area contributed by atoms with Gasteiger partial charge in [-0.05, 0) is 19.3 Å². The van der Waals surface area contributed by atoms with Gasteiger partial charge in [0.2, 0.25) is 11.8 Å². The van der Waals surface area contributed by atoms with Gasteiger partial charge in [-0.3, -0.25) is 14.5 Å². The summed E-state index contributed by atoms with van der Waals surface area (Å²) in [6.07, 6.45) is 3.92. The predicted molar refractivity (Wildman–Crippen MR) is 81.6 cm³/mol. The zero-order valence-electron chi connectivity index (χ0n) is 13.0. The van der Waals surface area contributed by atoms with Crippen molar-refractivity contribution >= 4 is 11.8 Å². The van der Waals surface area contributed by atoms with Crippen molar-refractivity contribution in [3.8, 4) is 0 Å². The summed E-state index contributed by atoms with van der Waals surface area (Å²) in [6.45, 7) is 6.17. The lowest BCUT2D eigenvalue weighted by Crippen LogP contribution is -2.53. The molecule has 1 saturated carbocycles. The minimum atomic E-state index is 0.0180. The number of hydrogen-bond donors (Lipinski definition) is 2. The molecule has 0 aromatic rings. The zero-order chi connectivity index (χ0) is 15.2. The van der Waals surface area contributed by atoms with Crippen LogP contribution in [0.2, 0.25) is 0 Å². The molecule has 2 rings (SSSR count). The molecule has 0 bridgehead atoms. The van der Waals surface area contributed by atoms with Crippen LogP contribution in [0, 0.1) is 5.92 Å². The Balaban J connectivity index is 1.72. The topological polar surface area (TPSA) is 78.7 Å². The number of carbonyl (C=O) groups is 2. The van der Waals surface area contributed by atoms with E-state index in [1.54, 1.807) is 0 Å². The largest absolute Gasteiger partial charge is 0.355 e. The second kappa shape index (κ2) is 7.75. The third-order valence-electron chi connectivity index (χ3n) is 4.51. The second-order valence-electron chi connectivity index (χ2n) is 6.15. The number of hydrogen-bond acceptors (Lipinski definition) is 4. The van der Waals surface area contributed by atoms with E-state index >= 15 is 0 Å². The average Bonchev–Trinajstić information content (AvgIpc) is 2.91. The Kier molecular flexibility index (Phi) is 5.99. The number of carbonyl (C=O) groups excluding carboxylic acids is 2. The van der Waals surface area contributed by atoms with Crippen LogP contribution in [0.3, 0.4) is 0 Å². The third-order valence-corrected chi connectivity index (χ3v) is 4.51. The number of rotatable bonds is 5. The minimum Gasteiger partial charge on any atom is -0.355 e. The normalized spacial score (nSPS) is 26.9. The molecule has 6 heteroatoms. The molecule has 1 aliphatic heterocycles. The Labute approximate surface area is 127 Å². The van der Waals surface area contributed by atoms with Crippen molar-refractivity contribution in [2.75, 3.05) is 39.3 Å². The molecule has 2 atom stereocenters. The van der Waals surface area contributed by atoms with Crippen LogP contribution in [0.15, 0.2) is 0 Å². The van der Waals surface area contributed by atoms with Crippen molar-refractivity contribution < 1.29 is 9.59 Å². The quantitative estimate of drug-likeness (QED) is 0.735. The molecule has 1 aliphatic carbocycles. The van der Waals surface area contributed by atoms with Gasteiger partial charge in [-0.2, -0.15) is 0 Å². The standard InChI is InChI=1S/C15H28N4O2/c1-2-6-17-14(20)11-18-7-9-19(10-8-18)15(21)12-4-3-5-13(12)16/h12-13H,2-11,16H2,1H3,(H,17,20). The van der Waals surface area contributed by atoms with Crippen molar-refractivity contribution in [2.24, 2.45) is 11.7 Å². The van der Waals surface area contributed by atoms with Gasteiger partial charge in [-0.1, -0.05) is 13.3 Å². The SMILES string of the molecule is CCCNC(=O)CN1CCN(C(=O)C2CCCC2N)CC1. The van der Waals surface area contributed by atoms with Crippen LogP contribution >= 0.6 is 0 Å². The Morgan fingerprint density at radius 2 is 1.90 bits per heavy atom. The van der Waals surface area contributed by atoms with E-state index in [0.717, 1.165) is 45.3 Å². The lowest BCUT2D eigenvalue weighted by atomic mass is 10.0. The van der Waals surface area contributed by atoms with Gasteiger partial charge >= 0.3 is 0 Å². The molecule has 120 valence electrons. The van der Waals surface area contributed by atoms with E-state index in [9.17, 15) is 9.59 Å². The van der Waals surface area contributed by atoms with Crippen molar-refractivity contribution in [1.82, 2.24) is 15.1 Å². The second-order valence-corrected chi connectivity index (χ2v) is 6.15. The van der Waals surface area contributed by atoms with Crippen LogP contribution in [0.25, 0.3) is 0 Å². The van der Waals surface area contributed by atoms with Crippen molar-refractivity contribution in [3.05, 3.63) is 0 Å². The molecule has 21 heavy (non-hydrogen) atoms. The maximum atomic E-state index is 12.4. The summed E-state index contributed by atoms with van der Waals surface area (Å²) < 4.78 is 0. The van der Waals surface area contributed by atoms with Crippen molar-refractivity contribution in [2.45, 2.75) is 38.6 Å². The van der Waals surface area contributed by atoms with Gasteiger partial charge in [0.15, 0.2) is 0 Å². The van der Waals surface area contributed by atoms with Gasteiger partial charge in [0.05, 0.1) is 12.5 Å². The van der Waals surface area contributed by atoms with Crippen LogP contribution < -0.4 is 11.1 Å².